The molecule has 2 heterocycles. The molecule has 2 saturated heterocycles. The molecule has 0 radical (unpaired) electrons. The zero-order valence-corrected chi connectivity index (χ0v) is 20.6. The Morgan fingerprint density at radius 3 is 2.54 bits per heavy atom. The minimum atomic E-state index is -1.49. The lowest BCUT2D eigenvalue weighted by atomic mass is 9.85. The van der Waals surface area contributed by atoms with E-state index in [9.17, 15) is 24.8 Å². The van der Waals surface area contributed by atoms with Gasteiger partial charge >= 0.3 is 0 Å². The number of halogens is 1. The van der Waals surface area contributed by atoms with Gasteiger partial charge in [0.2, 0.25) is 0 Å². The lowest BCUT2D eigenvalue weighted by Gasteiger charge is -2.40. The average Bonchev–Trinajstić information content (AvgIpc) is 3.25. The fraction of sp³-hybridized carbons (Fsp3) is 0.448. The Kier molecular flexibility index (Phi) is 7.49. The summed E-state index contributed by atoms with van der Waals surface area (Å²) in [6, 6.07) is 11.8. The van der Waals surface area contributed by atoms with E-state index in [2.05, 4.69) is 25.2 Å². The van der Waals surface area contributed by atoms with Crippen molar-refractivity contribution in [2.75, 3.05) is 13.2 Å². The molecule has 2 aromatic rings. The van der Waals surface area contributed by atoms with Crippen molar-refractivity contribution in [1.82, 2.24) is 0 Å². The van der Waals surface area contributed by atoms with Gasteiger partial charge < -0.3 is 34.6 Å². The van der Waals surface area contributed by atoms with Crippen molar-refractivity contribution in [1.29, 1.82) is 0 Å². The summed E-state index contributed by atoms with van der Waals surface area (Å²) in [6.07, 6.45) is 3.14. The Morgan fingerprint density at radius 1 is 1.03 bits per heavy atom. The molecule has 8 heteroatoms. The molecule has 8 atom stereocenters. The van der Waals surface area contributed by atoms with E-state index < -0.39 is 42.9 Å². The third-order valence-electron chi connectivity index (χ3n) is 7.60. The smallest absolute Gasteiger partial charge is 0.126 e. The summed E-state index contributed by atoms with van der Waals surface area (Å²) < 4.78 is 32.4. The second-order valence-electron chi connectivity index (χ2n) is 10.2. The number of hydrogen-bond acceptors (Lipinski definition) is 7. The maximum absolute atomic E-state index is 14.7. The lowest BCUT2D eigenvalue weighted by Crippen LogP contribution is -2.55. The standard InChI is InChI=1S/C29H33FO7/c1-29-11-3-2-4-20(29)14-22(37-29)16-35-21-8-5-17(6-9-21)12-19-13-18(7-10-23(19)30)28-27(34)26(33)25(32)24(15-31)36-28/h2-11,13,20,22,24-28,31-34H,12,14-16H2,1H3/t20?,22?,24-,25-,26+,27-,28+,29?/m1/s1. The first-order valence-electron chi connectivity index (χ1n) is 12.6. The fourth-order valence-corrected chi connectivity index (χ4v) is 5.39. The number of hydrogen-bond donors (Lipinski definition) is 4. The molecule has 198 valence electrons. The highest BCUT2D eigenvalue weighted by molar-refractivity contribution is 5.35. The van der Waals surface area contributed by atoms with Crippen LogP contribution in [0.2, 0.25) is 0 Å². The van der Waals surface area contributed by atoms with Gasteiger partial charge in [0, 0.05) is 12.3 Å². The third-order valence-corrected chi connectivity index (χ3v) is 7.60. The molecule has 5 rings (SSSR count). The number of fused-ring (bicyclic) bond motifs is 1. The number of ether oxygens (including phenoxy) is 3. The van der Waals surface area contributed by atoms with Crippen LogP contribution in [-0.2, 0) is 15.9 Å². The highest BCUT2D eigenvalue weighted by Crippen LogP contribution is 2.40. The zero-order valence-electron chi connectivity index (χ0n) is 20.6. The summed E-state index contributed by atoms with van der Waals surface area (Å²) in [5.74, 6) is 0.640. The van der Waals surface area contributed by atoms with Crippen LogP contribution in [0.15, 0.2) is 66.8 Å². The first-order chi connectivity index (χ1) is 17.8. The molecule has 0 bridgehead atoms. The molecule has 3 unspecified atom stereocenters. The Labute approximate surface area is 215 Å². The molecular weight excluding hydrogens is 479 g/mol. The third kappa shape index (κ3) is 5.36. The molecule has 2 aliphatic heterocycles. The Morgan fingerprint density at radius 2 is 1.81 bits per heavy atom. The quantitative estimate of drug-likeness (QED) is 0.452. The van der Waals surface area contributed by atoms with E-state index in [0.717, 1.165) is 12.0 Å². The molecule has 0 aromatic heterocycles. The highest BCUT2D eigenvalue weighted by Gasteiger charge is 2.44. The first-order valence-corrected chi connectivity index (χ1v) is 12.6. The van der Waals surface area contributed by atoms with Crippen LogP contribution in [0.3, 0.4) is 0 Å². The van der Waals surface area contributed by atoms with Gasteiger partial charge in [-0.3, -0.25) is 0 Å². The molecule has 2 fully saturated rings. The van der Waals surface area contributed by atoms with Crippen LogP contribution in [0.4, 0.5) is 4.39 Å². The second kappa shape index (κ2) is 10.6. The molecular formula is C29H33FO7. The Bertz CT molecular complexity index is 1150. The van der Waals surface area contributed by atoms with Gasteiger partial charge in [0.25, 0.3) is 0 Å². The SMILES string of the molecule is CC12C=CC=CC1CC(COc1ccc(Cc3cc([C@@H]4O[C@H](CO)[C@@H](O)[C@H](O)[C@H]4O)ccc3F)cc1)O2. The molecule has 0 amide bonds. The molecule has 1 aliphatic carbocycles. The monoisotopic (exact) mass is 512 g/mol. The van der Waals surface area contributed by atoms with Crippen LogP contribution in [0.1, 0.15) is 36.1 Å². The van der Waals surface area contributed by atoms with Gasteiger partial charge in [0.05, 0.1) is 18.3 Å². The van der Waals surface area contributed by atoms with Crippen LogP contribution in [0, 0.1) is 11.7 Å². The average molecular weight is 513 g/mol. The van der Waals surface area contributed by atoms with Crippen molar-refractivity contribution in [3.8, 4) is 5.75 Å². The predicted molar refractivity (Wildman–Crippen MR) is 134 cm³/mol. The van der Waals surface area contributed by atoms with Crippen molar-refractivity contribution in [3.05, 3.63) is 89.3 Å². The maximum Gasteiger partial charge on any atom is 0.126 e. The largest absolute Gasteiger partial charge is 0.491 e. The van der Waals surface area contributed by atoms with Crippen molar-refractivity contribution in [3.63, 3.8) is 0 Å². The summed E-state index contributed by atoms with van der Waals surface area (Å²) in [5, 5.41) is 40.0. The zero-order chi connectivity index (χ0) is 26.2. The van der Waals surface area contributed by atoms with Crippen LogP contribution in [-0.4, -0.2) is 69.8 Å². The number of benzene rings is 2. The lowest BCUT2D eigenvalue weighted by molar-refractivity contribution is -0.231. The van der Waals surface area contributed by atoms with Gasteiger partial charge in [0.1, 0.15) is 48.7 Å². The molecule has 4 N–H and O–H groups in total. The minimum Gasteiger partial charge on any atom is -0.491 e. The summed E-state index contributed by atoms with van der Waals surface area (Å²) in [6.45, 7) is 2.02. The van der Waals surface area contributed by atoms with Gasteiger partial charge in [-0.05, 0) is 54.3 Å². The van der Waals surface area contributed by atoms with E-state index in [4.69, 9.17) is 14.2 Å². The minimum absolute atomic E-state index is 0.00123. The second-order valence-corrected chi connectivity index (χ2v) is 10.2. The van der Waals surface area contributed by atoms with Crippen molar-refractivity contribution >= 4 is 0 Å². The van der Waals surface area contributed by atoms with Gasteiger partial charge in [-0.15, -0.1) is 0 Å². The predicted octanol–water partition coefficient (Wildman–Crippen LogP) is 2.60. The maximum atomic E-state index is 14.7. The fourth-order valence-electron chi connectivity index (χ4n) is 5.39. The normalized spacial score (nSPS) is 34.9. The van der Waals surface area contributed by atoms with Crippen molar-refractivity contribution in [2.24, 2.45) is 5.92 Å². The Hall–Kier alpha value is -2.59. The molecule has 0 saturated carbocycles. The van der Waals surface area contributed by atoms with E-state index in [1.54, 1.807) is 6.07 Å². The van der Waals surface area contributed by atoms with Crippen LogP contribution in [0.25, 0.3) is 0 Å². The van der Waals surface area contributed by atoms with E-state index in [-0.39, 0.29) is 11.7 Å². The molecule has 37 heavy (non-hydrogen) atoms. The number of aliphatic hydroxyl groups is 4. The molecule has 0 spiro atoms. The van der Waals surface area contributed by atoms with Crippen LogP contribution in [0.5, 0.6) is 5.75 Å². The molecule has 2 aromatic carbocycles. The number of aliphatic hydroxyl groups excluding tert-OH is 4. The van der Waals surface area contributed by atoms with E-state index in [0.29, 0.717) is 35.8 Å². The van der Waals surface area contributed by atoms with Gasteiger partial charge in [-0.1, -0.05) is 42.5 Å². The summed E-state index contributed by atoms with van der Waals surface area (Å²) >= 11 is 0. The van der Waals surface area contributed by atoms with E-state index in [1.165, 1.54) is 12.1 Å². The van der Waals surface area contributed by atoms with Crippen molar-refractivity contribution < 1.29 is 39.0 Å². The van der Waals surface area contributed by atoms with E-state index in [1.807, 2.05) is 30.3 Å². The van der Waals surface area contributed by atoms with Gasteiger partial charge in [-0.25, -0.2) is 4.39 Å². The van der Waals surface area contributed by atoms with Crippen molar-refractivity contribution in [2.45, 2.75) is 62.0 Å². The number of rotatable bonds is 7. The summed E-state index contributed by atoms with van der Waals surface area (Å²) in [7, 11) is 0. The van der Waals surface area contributed by atoms with Crippen LogP contribution >= 0.6 is 0 Å². The molecule has 3 aliphatic rings. The van der Waals surface area contributed by atoms with Gasteiger partial charge in [-0.2, -0.15) is 0 Å². The van der Waals surface area contributed by atoms with Gasteiger partial charge in [0.15, 0.2) is 0 Å². The summed E-state index contributed by atoms with van der Waals surface area (Å²) in [4.78, 5) is 0. The number of allylic oxidation sites excluding steroid dienone is 2. The van der Waals surface area contributed by atoms with Crippen LogP contribution < -0.4 is 4.74 Å². The highest BCUT2D eigenvalue weighted by atomic mass is 19.1. The summed E-state index contributed by atoms with van der Waals surface area (Å²) in [5.41, 5.74) is 1.42. The topological polar surface area (TPSA) is 109 Å². The first kappa shape index (κ1) is 26.0. The molecule has 7 nitrogen and oxygen atoms in total. The Balaban J connectivity index is 1.22. The van der Waals surface area contributed by atoms with E-state index >= 15 is 0 Å².